The van der Waals surface area contributed by atoms with Gasteiger partial charge in [-0.15, -0.1) is 0 Å². The average molecular weight is 365 g/mol. The maximum absolute atomic E-state index is 12.2. The quantitative estimate of drug-likeness (QED) is 0.826. The van der Waals surface area contributed by atoms with Crippen molar-refractivity contribution in [1.29, 1.82) is 0 Å². The molecular formula is C17H11Cl2FN2O2. The average Bonchev–Trinajstić information content (AvgIpc) is 2.74. The first kappa shape index (κ1) is 16.5. The molecule has 4 nitrogen and oxygen atoms in total. The Morgan fingerprint density at radius 2 is 2.04 bits per heavy atom. The normalized spacial score (nSPS) is 13.5. The largest absolute Gasteiger partial charge is 0.387 e. The fraction of sp³-hybridized carbons (Fsp3) is 0.0588. The molecule has 1 heterocycles. The van der Waals surface area contributed by atoms with Crippen LogP contribution in [-0.2, 0) is 9.74 Å². The minimum absolute atomic E-state index is 0.00465. The van der Waals surface area contributed by atoms with Crippen molar-refractivity contribution >= 4 is 46.8 Å². The van der Waals surface area contributed by atoms with E-state index in [1.54, 1.807) is 24.3 Å². The zero-order valence-corrected chi connectivity index (χ0v) is 13.7. The molecule has 0 unspecified atom stereocenters. The lowest BCUT2D eigenvalue weighted by molar-refractivity contribution is -0.178. The van der Waals surface area contributed by atoms with Crippen LogP contribution in [0.2, 0.25) is 10.0 Å². The highest BCUT2D eigenvalue weighted by atomic mass is 35.5. The third kappa shape index (κ3) is 3.13. The van der Waals surface area contributed by atoms with E-state index in [9.17, 15) is 9.32 Å². The number of benzene rings is 2. The molecule has 0 aromatic heterocycles. The number of nitrogens with two attached hydrogens (primary N) is 1. The van der Waals surface area contributed by atoms with Gasteiger partial charge in [0.1, 0.15) is 5.84 Å². The first-order valence-corrected chi connectivity index (χ1v) is 7.70. The third-order valence-corrected chi connectivity index (χ3v) is 4.41. The Bertz CT molecular complexity index is 894. The number of aliphatic imine (C=N–C) groups is 1. The zero-order chi connectivity index (χ0) is 17.3. The van der Waals surface area contributed by atoms with Gasteiger partial charge in [0.15, 0.2) is 0 Å². The van der Waals surface area contributed by atoms with Crippen LogP contribution in [0, 0.1) is 0 Å². The lowest BCUT2D eigenvalue weighted by atomic mass is 10.0. The number of fused-ring (bicyclic) bond motifs is 1. The van der Waals surface area contributed by atoms with Gasteiger partial charge in [-0.05, 0) is 29.8 Å². The van der Waals surface area contributed by atoms with Crippen LogP contribution in [-0.4, -0.2) is 11.8 Å². The van der Waals surface area contributed by atoms with Crippen molar-refractivity contribution in [3.63, 3.8) is 0 Å². The highest BCUT2D eigenvalue weighted by molar-refractivity contribution is 6.43. The predicted molar refractivity (Wildman–Crippen MR) is 93.0 cm³/mol. The van der Waals surface area contributed by atoms with Crippen LogP contribution < -0.4 is 5.73 Å². The Morgan fingerprint density at radius 3 is 2.79 bits per heavy atom. The predicted octanol–water partition coefficient (Wildman–Crippen LogP) is 4.86. The van der Waals surface area contributed by atoms with Gasteiger partial charge in [0.2, 0.25) is 0 Å². The summed E-state index contributed by atoms with van der Waals surface area (Å²) in [6.07, 6.45) is 1.51. The maximum Gasteiger partial charge on any atom is 0.376 e. The molecular weight excluding hydrogens is 354 g/mol. The van der Waals surface area contributed by atoms with Crippen LogP contribution in [0.3, 0.4) is 0 Å². The molecule has 0 bridgehead atoms. The molecule has 24 heavy (non-hydrogen) atoms. The van der Waals surface area contributed by atoms with E-state index in [0.29, 0.717) is 21.3 Å². The number of hydrogen-bond donors (Lipinski definition) is 1. The number of nitrogens with zero attached hydrogens (tertiary/aromatic N) is 1. The number of carbonyl (C=O) groups is 1. The summed E-state index contributed by atoms with van der Waals surface area (Å²) in [4.78, 5) is 19.1. The van der Waals surface area contributed by atoms with Crippen LogP contribution >= 0.6 is 23.2 Å². The molecule has 0 atom stereocenters. The fourth-order valence-electron chi connectivity index (χ4n) is 2.47. The second-order valence-electron chi connectivity index (χ2n) is 5.19. The van der Waals surface area contributed by atoms with Crippen LogP contribution in [0.5, 0.6) is 0 Å². The molecule has 0 saturated carbocycles. The van der Waals surface area contributed by atoms with Gasteiger partial charge < -0.3 is 5.73 Å². The lowest BCUT2D eigenvalue weighted by Gasteiger charge is -2.08. The van der Waals surface area contributed by atoms with E-state index in [1.807, 2.05) is 12.1 Å². The van der Waals surface area contributed by atoms with Crippen molar-refractivity contribution in [2.75, 3.05) is 0 Å². The second kappa shape index (κ2) is 6.63. The first-order chi connectivity index (χ1) is 11.5. The SMILES string of the molecule is NC1=Nc2ccc(-c3cccc(Cl)c3Cl)cc2C=C(C(=O)OF)C1. The molecule has 0 fully saturated rings. The molecule has 1 aliphatic rings. The molecule has 122 valence electrons. The van der Waals surface area contributed by atoms with E-state index in [1.165, 1.54) is 6.08 Å². The highest BCUT2D eigenvalue weighted by Crippen LogP contribution is 2.36. The maximum atomic E-state index is 12.2. The number of carbonyl (C=O) groups excluding carboxylic acids is 1. The molecule has 2 aromatic rings. The van der Waals surface area contributed by atoms with Crippen molar-refractivity contribution in [1.82, 2.24) is 0 Å². The van der Waals surface area contributed by atoms with E-state index in [4.69, 9.17) is 28.9 Å². The molecule has 0 aliphatic carbocycles. The lowest BCUT2D eigenvalue weighted by Crippen LogP contribution is -2.15. The molecule has 0 radical (unpaired) electrons. The van der Waals surface area contributed by atoms with Crippen LogP contribution in [0.4, 0.5) is 10.2 Å². The van der Waals surface area contributed by atoms with Crippen LogP contribution in [0.15, 0.2) is 47.0 Å². The number of amidine groups is 1. The first-order valence-electron chi connectivity index (χ1n) is 6.94. The molecule has 0 spiro atoms. The van der Waals surface area contributed by atoms with Gasteiger partial charge in [0.25, 0.3) is 0 Å². The summed E-state index contributed by atoms with van der Waals surface area (Å²) >= 11 is 12.3. The Morgan fingerprint density at radius 1 is 1.25 bits per heavy atom. The Hall–Kier alpha value is -2.37. The summed E-state index contributed by atoms with van der Waals surface area (Å²) in [5.74, 6) is -0.897. The summed E-state index contributed by atoms with van der Waals surface area (Å²) < 4.78 is 12.2. The van der Waals surface area contributed by atoms with E-state index >= 15 is 0 Å². The zero-order valence-electron chi connectivity index (χ0n) is 12.2. The van der Waals surface area contributed by atoms with Crippen molar-refractivity contribution in [3.05, 3.63) is 57.6 Å². The van der Waals surface area contributed by atoms with Crippen LogP contribution in [0.1, 0.15) is 12.0 Å². The minimum Gasteiger partial charge on any atom is -0.387 e. The van der Waals surface area contributed by atoms with Crippen molar-refractivity contribution in [3.8, 4) is 11.1 Å². The van der Waals surface area contributed by atoms with E-state index in [0.717, 1.165) is 11.1 Å². The summed E-state index contributed by atoms with van der Waals surface area (Å²) in [5, 5.41) is 0.853. The molecule has 2 N–H and O–H groups in total. The summed E-state index contributed by atoms with van der Waals surface area (Å²) in [5.41, 5.74) is 8.52. The molecule has 2 aromatic carbocycles. The van der Waals surface area contributed by atoms with E-state index in [-0.39, 0.29) is 17.8 Å². The monoisotopic (exact) mass is 364 g/mol. The molecule has 1 aliphatic heterocycles. The van der Waals surface area contributed by atoms with Gasteiger partial charge in [-0.2, -0.15) is 0 Å². The summed E-state index contributed by atoms with van der Waals surface area (Å²) in [6.45, 7) is 0. The molecule has 0 amide bonds. The highest BCUT2D eigenvalue weighted by Gasteiger charge is 2.18. The number of rotatable bonds is 2. The standard InChI is InChI=1S/C17H11Cl2FN2O2/c18-13-3-1-2-12(16(13)19)9-4-5-14-10(6-9)7-11(17(23)24-20)8-15(21)22-14/h1-7H,8H2,(H2,21,22). The fourth-order valence-corrected chi connectivity index (χ4v) is 2.88. The molecule has 3 rings (SSSR count). The van der Waals surface area contributed by atoms with Gasteiger partial charge >= 0.3 is 5.97 Å². The Balaban J connectivity index is 2.15. The van der Waals surface area contributed by atoms with Gasteiger partial charge in [-0.25, -0.2) is 14.7 Å². The Labute approximate surface area is 147 Å². The van der Waals surface area contributed by atoms with Crippen molar-refractivity contribution < 1.29 is 14.3 Å². The third-order valence-electron chi connectivity index (χ3n) is 3.59. The summed E-state index contributed by atoms with van der Waals surface area (Å²) in [6, 6.07) is 10.6. The summed E-state index contributed by atoms with van der Waals surface area (Å²) in [7, 11) is 0. The van der Waals surface area contributed by atoms with E-state index < -0.39 is 5.97 Å². The van der Waals surface area contributed by atoms with Crippen molar-refractivity contribution in [2.45, 2.75) is 6.42 Å². The topological polar surface area (TPSA) is 64.7 Å². The molecule has 7 heteroatoms. The molecule has 0 saturated heterocycles. The van der Waals surface area contributed by atoms with Crippen molar-refractivity contribution in [2.24, 2.45) is 10.7 Å². The van der Waals surface area contributed by atoms with Gasteiger partial charge in [-0.3, -0.25) is 0 Å². The van der Waals surface area contributed by atoms with Gasteiger partial charge in [0, 0.05) is 27.6 Å². The smallest absolute Gasteiger partial charge is 0.376 e. The second-order valence-corrected chi connectivity index (χ2v) is 5.97. The number of halogens is 3. The van der Waals surface area contributed by atoms with E-state index in [2.05, 4.69) is 9.93 Å². The van der Waals surface area contributed by atoms with Gasteiger partial charge in [0.05, 0.1) is 15.7 Å². The number of hydrogen-bond acceptors (Lipinski definition) is 4. The van der Waals surface area contributed by atoms with Crippen LogP contribution in [0.25, 0.3) is 17.2 Å². The van der Waals surface area contributed by atoms with Gasteiger partial charge in [-0.1, -0.05) is 41.4 Å². The Kier molecular flexibility index (Phi) is 4.55. The minimum atomic E-state index is -1.09.